The summed E-state index contributed by atoms with van der Waals surface area (Å²) < 4.78 is 5.78. The van der Waals surface area contributed by atoms with E-state index < -0.39 is 0 Å². The third-order valence-corrected chi connectivity index (χ3v) is 4.21. The molecule has 0 unspecified atom stereocenters. The molecule has 21 heavy (non-hydrogen) atoms. The maximum Gasteiger partial charge on any atom is 0.120 e. The number of benzene rings is 1. The van der Waals surface area contributed by atoms with Gasteiger partial charge in [0.25, 0.3) is 0 Å². The number of pyridine rings is 1. The Morgan fingerprint density at radius 2 is 2.05 bits per heavy atom. The molecular formula is C18H24N2O. The summed E-state index contributed by atoms with van der Waals surface area (Å²) in [5.41, 5.74) is 5.02. The third kappa shape index (κ3) is 2.82. The average molecular weight is 284 g/mol. The Labute approximate surface area is 126 Å². The van der Waals surface area contributed by atoms with E-state index in [2.05, 4.69) is 24.4 Å². The minimum atomic E-state index is 0.763. The smallest absolute Gasteiger partial charge is 0.120 e. The molecule has 1 aliphatic carbocycles. The quantitative estimate of drug-likeness (QED) is 0.848. The summed E-state index contributed by atoms with van der Waals surface area (Å²) in [6, 6.07) is 6.26. The molecule has 0 atom stereocenters. The normalized spacial score (nSPS) is 14.6. The Balaban J connectivity index is 2.12. The zero-order valence-corrected chi connectivity index (χ0v) is 13.0. The zero-order chi connectivity index (χ0) is 14.7. The summed E-state index contributed by atoms with van der Waals surface area (Å²) in [5.74, 6) is 0.941. The highest BCUT2D eigenvalue weighted by Gasteiger charge is 2.16. The van der Waals surface area contributed by atoms with Crippen molar-refractivity contribution in [3.63, 3.8) is 0 Å². The second-order valence-corrected chi connectivity index (χ2v) is 5.75. The Bertz CT molecular complexity index is 637. The lowest BCUT2D eigenvalue weighted by molar-refractivity contribution is 0.318. The molecule has 0 saturated heterocycles. The van der Waals surface area contributed by atoms with Gasteiger partial charge in [0, 0.05) is 23.8 Å². The molecule has 112 valence electrons. The van der Waals surface area contributed by atoms with Gasteiger partial charge >= 0.3 is 0 Å². The van der Waals surface area contributed by atoms with Gasteiger partial charge in [-0.25, -0.2) is 0 Å². The summed E-state index contributed by atoms with van der Waals surface area (Å²) in [7, 11) is 2.01. The molecule has 3 heteroatoms. The number of nitrogens with one attached hydrogen (secondary N) is 1. The maximum atomic E-state index is 5.78. The van der Waals surface area contributed by atoms with E-state index in [1.54, 1.807) is 0 Å². The van der Waals surface area contributed by atoms with Crippen LogP contribution in [-0.2, 0) is 12.8 Å². The van der Waals surface area contributed by atoms with Gasteiger partial charge in [-0.3, -0.25) is 4.98 Å². The fourth-order valence-corrected chi connectivity index (χ4v) is 3.17. The Morgan fingerprint density at radius 3 is 2.86 bits per heavy atom. The number of hydrogen-bond donors (Lipinski definition) is 1. The van der Waals surface area contributed by atoms with Gasteiger partial charge in [-0.2, -0.15) is 0 Å². The van der Waals surface area contributed by atoms with Crippen LogP contribution in [0.1, 0.15) is 43.9 Å². The van der Waals surface area contributed by atoms with Crippen molar-refractivity contribution in [2.45, 2.75) is 45.4 Å². The lowest BCUT2D eigenvalue weighted by Crippen LogP contribution is -2.04. The van der Waals surface area contributed by atoms with Crippen LogP contribution in [0.25, 0.3) is 10.9 Å². The van der Waals surface area contributed by atoms with Gasteiger partial charge in [0.15, 0.2) is 0 Å². The molecule has 1 N–H and O–H groups in total. The molecule has 0 spiro atoms. The molecule has 0 amide bonds. The van der Waals surface area contributed by atoms with Crippen molar-refractivity contribution < 1.29 is 4.74 Å². The molecule has 0 bridgehead atoms. The highest BCUT2D eigenvalue weighted by atomic mass is 16.5. The van der Waals surface area contributed by atoms with Gasteiger partial charge in [-0.15, -0.1) is 0 Å². The number of anilines is 1. The van der Waals surface area contributed by atoms with Crippen molar-refractivity contribution >= 4 is 16.6 Å². The number of fused-ring (bicyclic) bond motifs is 2. The molecular weight excluding hydrogens is 260 g/mol. The monoisotopic (exact) mass is 284 g/mol. The van der Waals surface area contributed by atoms with Gasteiger partial charge in [-0.05, 0) is 55.9 Å². The van der Waals surface area contributed by atoms with Crippen molar-refractivity contribution in [2.75, 3.05) is 19.0 Å². The van der Waals surface area contributed by atoms with Crippen molar-refractivity contribution in [2.24, 2.45) is 0 Å². The number of ether oxygens (including phenoxy) is 1. The summed E-state index contributed by atoms with van der Waals surface area (Å²) in [6.07, 6.45) is 7.09. The van der Waals surface area contributed by atoms with Crippen LogP contribution in [0, 0.1) is 0 Å². The van der Waals surface area contributed by atoms with E-state index in [0.29, 0.717) is 0 Å². The Kier molecular flexibility index (Phi) is 4.28. The number of aromatic nitrogens is 1. The Morgan fingerprint density at radius 1 is 1.19 bits per heavy atom. The molecule has 1 aromatic heterocycles. The van der Waals surface area contributed by atoms with Gasteiger partial charge in [0.2, 0.25) is 0 Å². The van der Waals surface area contributed by atoms with E-state index in [1.165, 1.54) is 41.6 Å². The van der Waals surface area contributed by atoms with Crippen molar-refractivity contribution in [1.29, 1.82) is 0 Å². The van der Waals surface area contributed by atoms with Gasteiger partial charge in [0.1, 0.15) is 5.75 Å². The lowest BCUT2D eigenvalue weighted by Gasteiger charge is -2.16. The molecule has 1 aromatic carbocycles. The van der Waals surface area contributed by atoms with Crippen molar-refractivity contribution in [3.8, 4) is 5.75 Å². The first kappa shape index (κ1) is 14.2. The molecule has 1 aliphatic rings. The highest BCUT2D eigenvalue weighted by molar-refractivity contribution is 5.94. The first-order chi connectivity index (χ1) is 10.3. The number of hydrogen-bond acceptors (Lipinski definition) is 3. The average Bonchev–Trinajstić information content (AvgIpc) is 2.75. The van der Waals surface area contributed by atoms with Crippen molar-refractivity contribution in [3.05, 3.63) is 29.5 Å². The summed E-state index contributed by atoms with van der Waals surface area (Å²) >= 11 is 0. The van der Waals surface area contributed by atoms with Crippen molar-refractivity contribution in [1.82, 2.24) is 4.98 Å². The van der Waals surface area contributed by atoms with Crippen LogP contribution in [0.4, 0.5) is 5.69 Å². The van der Waals surface area contributed by atoms with Crippen LogP contribution in [-0.4, -0.2) is 18.6 Å². The third-order valence-electron chi connectivity index (χ3n) is 4.21. The lowest BCUT2D eigenvalue weighted by atomic mass is 10.0. The predicted molar refractivity (Wildman–Crippen MR) is 88.3 cm³/mol. The first-order valence-electron chi connectivity index (χ1n) is 8.09. The van der Waals surface area contributed by atoms with E-state index in [0.717, 1.165) is 37.1 Å². The molecule has 1 heterocycles. The fourth-order valence-electron chi connectivity index (χ4n) is 3.17. The second kappa shape index (κ2) is 6.33. The van der Waals surface area contributed by atoms with E-state index in [-0.39, 0.29) is 0 Å². The number of rotatable bonds is 4. The van der Waals surface area contributed by atoms with Crippen LogP contribution in [0.15, 0.2) is 18.2 Å². The molecule has 0 radical (unpaired) electrons. The molecule has 0 saturated carbocycles. The van der Waals surface area contributed by atoms with E-state index in [9.17, 15) is 0 Å². The summed E-state index contributed by atoms with van der Waals surface area (Å²) in [4.78, 5) is 4.91. The van der Waals surface area contributed by atoms with E-state index in [1.807, 2.05) is 13.1 Å². The predicted octanol–water partition coefficient (Wildman–Crippen LogP) is 4.33. The van der Waals surface area contributed by atoms with Crippen LogP contribution in [0.5, 0.6) is 5.75 Å². The molecule has 3 nitrogen and oxygen atoms in total. The second-order valence-electron chi connectivity index (χ2n) is 5.75. The number of aryl methyl sites for hydroxylation is 1. The summed E-state index contributed by atoms with van der Waals surface area (Å²) in [5, 5.41) is 4.60. The number of nitrogens with zero attached hydrogens (tertiary/aromatic N) is 1. The van der Waals surface area contributed by atoms with Gasteiger partial charge in [-0.1, -0.05) is 13.3 Å². The van der Waals surface area contributed by atoms with Crippen LogP contribution in [0.3, 0.4) is 0 Å². The minimum absolute atomic E-state index is 0.763. The molecule has 0 aliphatic heterocycles. The van der Waals surface area contributed by atoms with E-state index in [4.69, 9.17) is 9.72 Å². The standard InChI is InChI=1S/C18H24N2O/c1-3-11-21-13-9-10-17-15(12-13)18(19-2)14-7-5-4-6-8-16(14)20-17/h9-10,12H,3-8,11H2,1-2H3,(H,19,20). The van der Waals surface area contributed by atoms with Crippen LogP contribution >= 0.6 is 0 Å². The molecule has 3 rings (SSSR count). The SMILES string of the molecule is CCCOc1ccc2nc3c(c(NC)c2c1)CCCCC3. The molecule has 0 fully saturated rings. The minimum Gasteiger partial charge on any atom is -0.494 e. The topological polar surface area (TPSA) is 34.1 Å². The van der Waals surface area contributed by atoms with Gasteiger partial charge < -0.3 is 10.1 Å². The fraction of sp³-hybridized carbons (Fsp3) is 0.500. The zero-order valence-electron chi connectivity index (χ0n) is 13.0. The first-order valence-corrected chi connectivity index (χ1v) is 8.09. The van der Waals surface area contributed by atoms with Crippen LogP contribution < -0.4 is 10.1 Å². The Hall–Kier alpha value is -1.77. The van der Waals surface area contributed by atoms with Gasteiger partial charge in [0.05, 0.1) is 12.1 Å². The molecule has 2 aromatic rings. The highest BCUT2D eigenvalue weighted by Crippen LogP contribution is 2.34. The summed E-state index contributed by atoms with van der Waals surface area (Å²) in [6.45, 7) is 2.89. The largest absolute Gasteiger partial charge is 0.494 e. The maximum absolute atomic E-state index is 5.78. The van der Waals surface area contributed by atoms with E-state index >= 15 is 0 Å². The van der Waals surface area contributed by atoms with Crippen LogP contribution in [0.2, 0.25) is 0 Å².